The number of aliphatic hydroxyl groups excluding tert-OH is 1. The Labute approximate surface area is 260 Å². The van der Waals surface area contributed by atoms with Crippen LogP contribution in [0.2, 0.25) is 0 Å². The van der Waals surface area contributed by atoms with Crippen LogP contribution in [0.15, 0.2) is 83.5 Å². The van der Waals surface area contributed by atoms with Crippen LogP contribution in [-0.2, 0) is 10.8 Å². The van der Waals surface area contributed by atoms with Crippen LogP contribution in [0.4, 0.5) is 0 Å². The van der Waals surface area contributed by atoms with E-state index in [1.807, 2.05) is 18.2 Å². The molecule has 7 rings (SSSR count). The van der Waals surface area contributed by atoms with E-state index in [0.29, 0.717) is 23.9 Å². The van der Waals surface area contributed by atoms with Crippen LogP contribution in [0.5, 0.6) is 0 Å². The molecule has 0 amide bonds. The van der Waals surface area contributed by atoms with E-state index in [1.165, 1.54) is 49.7 Å². The summed E-state index contributed by atoms with van der Waals surface area (Å²) in [6.45, 7) is 13.2. The average Bonchev–Trinajstić information content (AvgIpc) is 3.70. The monoisotopic (exact) mass is 599 g/mol. The number of hydrogen-bond donors (Lipinski definition) is 2. The lowest BCUT2D eigenvalue weighted by Crippen LogP contribution is -2.52. The van der Waals surface area contributed by atoms with Gasteiger partial charge in [-0.1, -0.05) is 68.3 Å². The van der Waals surface area contributed by atoms with E-state index in [4.69, 9.17) is 19.6 Å². The maximum atomic E-state index is 10.9. The molecule has 43 heavy (non-hydrogen) atoms. The van der Waals surface area contributed by atoms with Crippen molar-refractivity contribution in [2.45, 2.75) is 77.9 Å². The molecule has 3 fully saturated rings. The molecule has 4 aliphatic carbocycles. The largest absolute Gasteiger partial charge is 0.463 e. The number of nitrogens with two attached hydrogens (primary N) is 1. The summed E-state index contributed by atoms with van der Waals surface area (Å²) in [6.07, 6.45) is 14.1. The molecule has 6 atom stereocenters. The van der Waals surface area contributed by atoms with Crippen LogP contribution in [0.25, 0.3) is 16.6 Å². The van der Waals surface area contributed by atoms with Gasteiger partial charge in [0.1, 0.15) is 18.0 Å². The molecule has 6 nitrogen and oxygen atoms in total. The average molecular weight is 600 g/mol. The number of pyridine rings is 1. The molecule has 0 saturated heterocycles. The Hall–Kier alpha value is -2.84. The highest BCUT2D eigenvalue weighted by Crippen LogP contribution is 2.62. The van der Waals surface area contributed by atoms with Crippen molar-refractivity contribution in [3.8, 4) is 0 Å². The van der Waals surface area contributed by atoms with Gasteiger partial charge < -0.3 is 9.52 Å². The molecule has 0 aliphatic heterocycles. The lowest BCUT2D eigenvalue weighted by atomic mass is 9.49. The second kappa shape index (κ2) is 12.6. The summed E-state index contributed by atoms with van der Waals surface area (Å²) >= 11 is 0.998. The van der Waals surface area contributed by atoms with E-state index < -0.39 is 0 Å². The molecule has 0 bridgehead atoms. The molecule has 7 heteroatoms. The lowest BCUT2D eigenvalue weighted by Gasteiger charge is -2.57. The molecule has 6 unspecified atom stereocenters. The third kappa shape index (κ3) is 6.10. The highest BCUT2D eigenvalue weighted by atomic mass is 32.2. The Morgan fingerprint density at radius 2 is 2.02 bits per heavy atom. The second-order valence-electron chi connectivity index (χ2n) is 13.3. The van der Waals surface area contributed by atoms with Crippen LogP contribution in [0, 0.1) is 36.0 Å². The van der Waals surface area contributed by atoms with Gasteiger partial charge in [0, 0.05) is 5.39 Å². The van der Waals surface area contributed by atoms with Crippen LogP contribution in [0.1, 0.15) is 75.3 Å². The molecule has 3 aromatic rings. The van der Waals surface area contributed by atoms with Crippen LogP contribution < -0.4 is 5.90 Å². The quantitative estimate of drug-likeness (QED) is 0.167. The third-order valence-electron chi connectivity index (χ3n) is 10.7. The zero-order valence-electron chi connectivity index (χ0n) is 25.5. The van der Waals surface area contributed by atoms with Crippen molar-refractivity contribution < 1.29 is 13.8 Å². The number of aliphatic hydroxyl groups is 1. The van der Waals surface area contributed by atoms with Crippen molar-refractivity contribution in [1.29, 1.82) is 0 Å². The Balaban J connectivity index is 0.000000154. The fourth-order valence-electron chi connectivity index (χ4n) is 8.63. The van der Waals surface area contributed by atoms with Gasteiger partial charge in [0.25, 0.3) is 0 Å². The minimum Gasteiger partial charge on any atom is -0.463 e. The predicted molar refractivity (Wildman–Crippen MR) is 175 cm³/mol. The molecular formula is C36H45N3O3S. The molecular weight excluding hydrogens is 554 g/mol. The minimum absolute atomic E-state index is 0.0561. The number of aromatic nitrogens is 1. The van der Waals surface area contributed by atoms with Crippen molar-refractivity contribution in [2.75, 3.05) is 0 Å². The smallest absolute Gasteiger partial charge is 0.150 e. The number of aryl methyl sites for hydroxylation is 1. The molecule has 3 N–H and O–H groups in total. The van der Waals surface area contributed by atoms with E-state index in [1.54, 1.807) is 16.1 Å². The number of rotatable bonds is 6. The van der Waals surface area contributed by atoms with Gasteiger partial charge in [-0.05, 0) is 104 Å². The Kier molecular flexibility index (Phi) is 8.88. The summed E-state index contributed by atoms with van der Waals surface area (Å²) in [5, 5.41) is 12.0. The Morgan fingerprint density at radius 3 is 2.81 bits per heavy atom. The SMILES string of the molecule is C=C(c1ccco1)N(Cc1ccc2ccc(C)cc2n1)SON.C=C1C=C2CCC3C4CCCC4CC(O)C3C2(C)CC1. The van der Waals surface area contributed by atoms with E-state index in [-0.39, 0.29) is 11.5 Å². The summed E-state index contributed by atoms with van der Waals surface area (Å²) in [4.78, 5) is 4.70. The molecule has 2 heterocycles. The number of nitrogens with zero attached hydrogens (tertiary/aromatic N) is 2. The van der Waals surface area contributed by atoms with Gasteiger partial charge in [-0.3, -0.25) is 9.29 Å². The van der Waals surface area contributed by atoms with Crippen LogP contribution in [0.3, 0.4) is 0 Å². The molecule has 3 saturated carbocycles. The zero-order chi connectivity index (χ0) is 30.1. The molecule has 1 aromatic carbocycles. The second-order valence-corrected chi connectivity index (χ2v) is 14.0. The summed E-state index contributed by atoms with van der Waals surface area (Å²) in [5.41, 5.74) is 6.86. The maximum absolute atomic E-state index is 10.9. The first kappa shape index (κ1) is 30.2. The van der Waals surface area contributed by atoms with Crippen molar-refractivity contribution >= 4 is 28.8 Å². The Bertz CT molecular complexity index is 1500. The van der Waals surface area contributed by atoms with Crippen molar-refractivity contribution in [3.63, 3.8) is 0 Å². The summed E-state index contributed by atoms with van der Waals surface area (Å²) in [7, 11) is 0. The number of allylic oxidation sites excluding steroid dienone is 3. The molecule has 2 aromatic heterocycles. The zero-order valence-corrected chi connectivity index (χ0v) is 26.3. The van der Waals surface area contributed by atoms with E-state index >= 15 is 0 Å². The van der Waals surface area contributed by atoms with Gasteiger partial charge in [-0.15, -0.1) is 0 Å². The first-order valence-electron chi connectivity index (χ1n) is 15.7. The van der Waals surface area contributed by atoms with E-state index in [9.17, 15) is 5.11 Å². The summed E-state index contributed by atoms with van der Waals surface area (Å²) in [6, 6.07) is 13.9. The summed E-state index contributed by atoms with van der Waals surface area (Å²) in [5.74, 6) is 8.94. The van der Waals surface area contributed by atoms with Gasteiger partial charge in [-0.25, -0.2) is 10.2 Å². The van der Waals surface area contributed by atoms with Crippen molar-refractivity contribution in [1.82, 2.24) is 9.29 Å². The van der Waals surface area contributed by atoms with E-state index in [0.717, 1.165) is 59.4 Å². The lowest BCUT2D eigenvalue weighted by molar-refractivity contribution is -0.0890. The fraction of sp³-hybridized carbons (Fsp3) is 0.472. The van der Waals surface area contributed by atoms with E-state index in [2.05, 4.69) is 57.3 Å². The van der Waals surface area contributed by atoms with Gasteiger partial charge in [0.15, 0.2) is 0 Å². The molecule has 0 radical (unpaired) electrons. The molecule has 228 valence electrons. The number of benzene rings is 1. The first-order chi connectivity index (χ1) is 20.8. The highest BCUT2D eigenvalue weighted by Gasteiger charge is 2.55. The van der Waals surface area contributed by atoms with Gasteiger partial charge in [-0.2, -0.15) is 0 Å². The van der Waals surface area contributed by atoms with Gasteiger partial charge >= 0.3 is 0 Å². The van der Waals surface area contributed by atoms with Crippen LogP contribution >= 0.6 is 12.2 Å². The normalized spacial score (nSPS) is 29.5. The minimum atomic E-state index is -0.0561. The third-order valence-corrected chi connectivity index (χ3v) is 11.3. The molecule has 0 spiro atoms. The Morgan fingerprint density at radius 1 is 1.19 bits per heavy atom. The molecule has 4 aliphatic rings. The number of hydrogen-bond acceptors (Lipinski definition) is 7. The van der Waals surface area contributed by atoms with Gasteiger partial charge in [0.05, 0.1) is 35.8 Å². The van der Waals surface area contributed by atoms with Crippen molar-refractivity contribution in [3.05, 3.63) is 96.1 Å². The maximum Gasteiger partial charge on any atom is 0.150 e. The fourth-order valence-corrected chi connectivity index (χ4v) is 9.10. The summed E-state index contributed by atoms with van der Waals surface area (Å²) < 4.78 is 11.9. The standard InChI is InChI=1S/C19H28O.C17H17N3O2S/c1-12-8-9-19(2)14(10-12)6-7-16-15-5-3-4-13(15)11-17(20)18(16)19;1-12-5-6-14-7-8-15(19-16(14)10-12)11-20(23-22-18)13(2)17-4-3-9-21-17/h10,13,15-18,20H,1,3-9,11H2,2H3;3-10H,2,11,18H2,1H3. The predicted octanol–water partition coefficient (Wildman–Crippen LogP) is 8.54. The topological polar surface area (TPSA) is 84.8 Å². The highest BCUT2D eigenvalue weighted by molar-refractivity contribution is 7.92. The number of furan rings is 1. The van der Waals surface area contributed by atoms with Crippen LogP contribution in [-0.4, -0.2) is 20.5 Å². The first-order valence-corrected chi connectivity index (χ1v) is 16.4. The number of fused-ring (bicyclic) bond motifs is 6. The van der Waals surface area contributed by atoms with Gasteiger partial charge in [0.2, 0.25) is 0 Å². The van der Waals surface area contributed by atoms with Crippen molar-refractivity contribution in [2.24, 2.45) is 35.0 Å².